The molecule has 0 atom stereocenters. The first-order chi connectivity index (χ1) is 5.15. The van der Waals surface area contributed by atoms with Crippen molar-refractivity contribution in [3.8, 4) is 0 Å². The summed E-state index contributed by atoms with van der Waals surface area (Å²) in [6.45, 7) is 5.42. The predicted octanol–water partition coefficient (Wildman–Crippen LogP) is 3.33. The van der Waals surface area contributed by atoms with Crippen molar-refractivity contribution < 1.29 is 25.5 Å². The van der Waals surface area contributed by atoms with Gasteiger partial charge in [-0.3, -0.25) is 4.39 Å². The van der Waals surface area contributed by atoms with Crippen molar-refractivity contribution in [3.63, 3.8) is 0 Å². The molecule has 0 saturated heterocycles. The second-order valence-electron chi connectivity index (χ2n) is 2.87. The molecule has 1 aromatic rings. The summed E-state index contributed by atoms with van der Waals surface area (Å²) in [4.78, 5) is 0. The van der Waals surface area contributed by atoms with E-state index in [1.54, 1.807) is 0 Å². The summed E-state index contributed by atoms with van der Waals surface area (Å²) < 4.78 is 12.4. The maximum Gasteiger partial charge on any atom is 2.00 e. The quantitative estimate of drug-likeness (QED) is 0.682. The van der Waals surface area contributed by atoms with Crippen LogP contribution in [0.25, 0.3) is 0 Å². The fourth-order valence-electron chi connectivity index (χ4n) is 1.32. The molecular formula is C11H15FW. The van der Waals surface area contributed by atoms with E-state index in [-0.39, 0.29) is 35.2 Å². The first-order valence-corrected chi connectivity index (χ1v) is 3.70. The van der Waals surface area contributed by atoms with Crippen LogP contribution in [-0.4, -0.2) is 0 Å². The van der Waals surface area contributed by atoms with Crippen LogP contribution in [-0.2, 0) is 27.7 Å². The molecule has 0 aliphatic rings. The first kappa shape index (κ1) is 15.3. The molecule has 0 spiro atoms. The number of hydrogen-bond acceptors (Lipinski definition) is 0. The molecule has 2 heteroatoms. The zero-order valence-electron chi connectivity index (χ0n) is 8.57. The Morgan fingerprint density at radius 2 is 1.85 bits per heavy atom. The fraction of sp³-hybridized carbons (Fsp3) is 0.364. The third-order valence-electron chi connectivity index (χ3n) is 1.88. The minimum atomic E-state index is -0.381. The van der Waals surface area contributed by atoms with Crippen LogP contribution in [0.3, 0.4) is 0 Å². The van der Waals surface area contributed by atoms with Crippen molar-refractivity contribution in [3.05, 3.63) is 41.8 Å². The standard InChI is InChI=1S/C10H12F.CH3.W/c1-7-4-8(2)10(6-11)9(3)5-7;;/h4H,6H2,1-3H3;1H3;/q2*-1;+2. The molecule has 0 bridgehead atoms. The predicted molar refractivity (Wildman–Crippen MR) is 50.7 cm³/mol. The molecule has 1 rings (SSSR count). The Morgan fingerprint density at radius 3 is 2.23 bits per heavy atom. The number of halogens is 1. The molecule has 0 nitrogen and oxygen atoms in total. The summed E-state index contributed by atoms with van der Waals surface area (Å²) >= 11 is 0. The molecular weight excluding hydrogens is 335 g/mol. The molecule has 0 aliphatic carbocycles. The fourth-order valence-corrected chi connectivity index (χ4v) is 1.32. The van der Waals surface area contributed by atoms with E-state index in [9.17, 15) is 4.39 Å². The average molecular weight is 350 g/mol. The van der Waals surface area contributed by atoms with Crippen LogP contribution in [0.5, 0.6) is 0 Å². The van der Waals surface area contributed by atoms with Crippen LogP contribution >= 0.6 is 0 Å². The summed E-state index contributed by atoms with van der Waals surface area (Å²) in [5.74, 6) is 0. The molecule has 0 N–H and O–H groups in total. The minimum absolute atomic E-state index is 0. The van der Waals surface area contributed by atoms with Gasteiger partial charge in [0.05, 0.1) is 6.67 Å². The Hall–Kier alpha value is -0.162. The normalized spacial score (nSPS) is 8.62. The van der Waals surface area contributed by atoms with E-state index in [0.29, 0.717) is 0 Å². The first-order valence-electron chi connectivity index (χ1n) is 3.70. The molecule has 0 radical (unpaired) electrons. The second kappa shape index (κ2) is 6.32. The van der Waals surface area contributed by atoms with Crippen molar-refractivity contribution in [2.24, 2.45) is 0 Å². The Bertz CT molecular complexity index is 246. The Labute approximate surface area is 94.8 Å². The maximum absolute atomic E-state index is 12.4. The van der Waals surface area contributed by atoms with Crippen molar-refractivity contribution in [1.82, 2.24) is 0 Å². The smallest absolute Gasteiger partial charge is 0.358 e. The average Bonchev–Trinajstić information content (AvgIpc) is 1.85. The monoisotopic (exact) mass is 350 g/mol. The summed E-state index contributed by atoms with van der Waals surface area (Å²) in [6, 6.07) is 5.05. The van der Waals surface area contributed by atoms with Gasteiger partial charge in [0.15, 0.2) is 0 Å². The van der Waals surface area contributed by atoms with Gasteiger partial charge < -0.3 is 7.43 Å². The zero-order valence-corrected chi connectivity index (χ0v) is 11.5. The van der Waals surface area contributed by atoms with Crippen LogP contribution in [0.4, 0.5) is 4.39 Å². The van der Waals surface area contributed by atoms with Gasteiger partial charge in [0.2, 0.25) is 0 Å². The van der Waals surface area contributed by atoms with Crippen LogP contribution < -0.4 is 0 Å². The van der Waals surface area contributed by atoms with Crippen molar-refractivity contribution >= 4 is 0 Å². The minimum Gasteiger partial charge on any atom is -0.358 e. The van der Waals surface area contributed by atoms with E-state index in [2.05, 4.69) is 6.07 Å². The third-order valence-corrected chi connectivity index (χ3v) is 1.88. The summed E-state index contributed by atoms with van der Waals surface area (Å²) in [6.07, 6.45) is 0. The van der Waals surface area contributed by atoms with Crippen LogP contribution in [0.2, 0.25) is 0 Å². The van der Waals surface area contributed by atoms with Gasteiger partial charge in [-0.25, -0.2) is 0 Å². The van der Waals surface area contributed by atoms with Gasteiger partial charge in [-0.2, -0.15) is 28.8 Å². The van der Waals surface area contributed by atoms with Gasteiger partial charge >= 0.3 is 21.1 Å². The van der Waals surface area contributed by atoms with E-state index in [0.717, 1.165) is 22.3 Å². The van der Waals surface area contributed by atoms with E-state index in [1.807, 2.05) is 26.8 Å². The number of hydrogen-bond donors (Lipinski definition) is 0. The summed E-state index contributed by atoms with van der Waals surface area (Å²) in [5, 5.41) is 0. The second-order valence-corrected chi connectivity index (χ2v) is 2.87. The molecule has 0 aliphatic heterocycles. The van der Waals surface area contributed by atoms with Gasteiger partial charge in [0.1, 0.15) is 0 Å². The van der Waals surface area contributed by atoms with Gasteiger partial charge in [-0.05, 0) is 0 Å². The molecule has 1 aromatic carbocycles. The number of benzene rings is 1. The summed E-state index contributed by atoms with van der Waals surface area (Å²) in [5.41, 5.74) is 3.83. The molecule has 72 valence electrons. The van der Waals surface area contributed by atoms with E-state index in [4.69, 9.17) is 0 Å². The molecule has 13 heavy (non-hydrogen) atoms. The molecule has 0 amide bonds. The van der Waals surface area contributed by atoms with E-state index >= 15 is 0 Å². The SMILES string of the molecule is Cc1[c-]c(C)c(CF)c(C)c1.[CH3-].[W+2]. The number of aryl methyl sites for hydroxylation is 3. The van der Waals surface area contributed by atoms with Gasteiger partial charge in [-0.15, -0.1) is 5.56 Å². The van der Waals surface area contributed by atoms with Gasteiger partial charge in [0, 0.05) is 0 Å². The third kappa shape index (κ3) is 3.60. The maximum atomic E-state index is 12.4. The van der Waals surface area contributed by atoms with Crippen LogP contribution in [0.15, 0.2) is 6.07 Å². The van der Waals surface area contributed by atoms with E-state index < -0.39 is 0 Å². The largest absolute Gasteiger partial charge is 2.00 e. The molecule has 0 saturated carbocycles. The molecule has 0 heterocycles. The number of alkyl halides is 1. The van der Waals surface area contributed by atoms with Crippen molar-refractivity contribution in [2.75, 3.05) is 0 Å². The van der Waals surface area contributed by atoms with Gasteiger partial charge in [-0.1, -0.05) is 20.8 Å². The Kier molecular flexibility index (Phi) is 7.44. The summed E-state index contributed by atoms with van der Waals surface area (Å²) in [7, 11) is 0. The Balaban J connectivity index is 0. The molecule has 0 aromatic heterocycles. The zero-order chi connectivity index (χ0) is 8.43. The Morgan fingerprint density at radius 1 is 1.31 bits per heavy atom. The molecule has 0 unspecified atom stereocenters. The number of rotatable bonds is 1. The van der Waals surface area contributed by atoms with Crippen LogP contribution in [0, 0.1) is 34.3 Å². The topological polar surface area (TPSA) is 0 Å². The van der Waals surface area contributed by atoms with Gasteiger partial charge in [0.25, 0.3) is 0 Å². The molecule has 0 fully saturated rings. The van der Waals surface area contributed by atoms with Crippen LogP contribution in [0.1, 0.15) is 22.3 Å². The van der Waals surface area contributed by atoms with Crippen molar-refractivity contribution in [2.45, 2.75) is 27.4 Å². The van der Waals surface area contributed by atoms with E-state index in [1.165, 1.54) is 0 Å². The van der Waals surface area contributed by atoms with Crippen molar-refractivity contribution in [1.29, 1.82) is 0 Å².